The molecule has 2 fully saturated rings. The second-order valence-electron chi connectivity index (χ2n) is 7.55. The lowest BCUT2D eigenvalue weighted by atomic mass is 9.71. The molecule has 1 aromatic heterocycles. The summed E-state index contributed by atoms with van der Waals surface area (Å²) < 4.78 is 0. The topological polar surface area (TPSA) is 91.3 Å². The standard InChI is InChI=1S/C17H27N3OS.C2H4O2/c1-4-17(9-12-5-6-14(17)19-12)16(21)18-8-7-15-20-13(10-22-15)11(2)3;1-2(3)4/h10-12,14,19H,4-9H2,1-3H3,(H,18,21);1H3,(H,3,4)/t12-,14+,17+;/m0./s1. The van der Waals surface area contributed by atoms with Gasteiger partial charge < -0.3 is 15.7 Å². The number of hydrogen-bond donors (Lipinski definition) is 3. The van der Waals surface area contributed by atoms with Crippen molar-refractivity contribution < 1.29 is 14.7 Å². The van der Waals surface area contributed by atoms with Crippen LogP contribution in [0.3, 0.4) is 0 Å². The number of hydrogen-bond acceptors (Lipinski definition) is 5. The van der Waals surface area contributed by atoms with Gasteiger partial charge in [0.2, 0.25) is 5.91 Å². The summed E-state index contributed by atoms with van der Waals surface area (Å²) in [6.45, 7) is 8.25. The third kappa shape index (κ3) is 4.82. The molecule has 1 amide bonds. The predicted molar refractivity (Wildman–Crippen MR) is 104 cm³/mol. The Morgan fingerprint density at radius 3 is 2.62 bits per heavy atom. The van der Waals surface area contributed by atoms with Crippen molar-refractivity contribution in [1.82, 2.24) is 15.6 Å². The van der Waals surface area contributed by atoms with Crippen molar-refractivity contribution >= 4 is 23.2 Å². The summed E-state index contributed by atoms with van der Waals surface area (Å²) in [4.78, 5) is 26.4. The van der Waals surface area contributed by atoms with E-state index in [1.54, 1.807) is 11.3 Å². The van der Waals surface area contributed by atoms with Gasteiger partial charge in [0.1, 0.15) is 0 Å². The molecule has 3 N–H and O–H groups in total. The Morgan fingerprint density at radius 2 is 2.15 bits per heavy atom. The number of thiazole rings is 1. The number of aliphatic carboxylic acids is 1. The van der Waals surface area contributed by atoms with E-state index in [1.807, 2.05) is 0 Å². The molecule has 3 heterocycles. The van der Waals surface area contributed by atoms with Crippen LogP contribution in [0.4, 0.5) is 0 Å². The maximum atomic E-state index is 12.7. The summed E-state index contributed by atoms with van der Waals surface area (Å²) in [5.74, 6) is -0.113. The van der Waals surface area contributed by atoms with E-state index < -0.39 is 5.97 Å². The van der Waals surface area contributed by atoms with E-state index in [2.05, 4.69) is 41.8 Å². The molecule has 146 valence electrons. The number of carboxylic acid groups (broad SMARTS) is 1. The fraction of sp³-hybridized carbons (Fsp3) is 0.737. The lowest BCUT2D eigenvalue weighted by molar-refractivity contribution is -0.134. The first-order chi connectivity index (χ1) is 12.3. The highest BCUT2D eigenvalue weighted by atomic mass is 32.1. The van der Waals surface area contributed by atoms with Gasteiger partial charge in [-0.1, -0.05) is 20.8 Å². The van der Waals surface area contributed by atoms with Gasteiger partial charge in [-0.05, 0) is 31.6 Å². The van der Waals surface area contributed by atoms with Gasteiger partial charge in [-0.3, -0.25) is 9.59 Å². The number of fused-ring (bicyclic) bond motifs is 2. The first-order valence-electron chi connectivity index (χ1n) is 9.46. The number of carboxylic acids is 1. The van der Waals surface area contributed by atoms with E-state index >= 15 is 0 Å². The highest BCUT2D eigenvalue weighted by Crippen LogP contribution is 2.45. The van der Waals surface area contributed by atoms with Crippen LogP contribution >= 0.6 is 11.3 Å². The number of carbonyl (C=O) groups is 2. The van der Waals surface area contributed by atoms with E-state index in [0.717, 1.165) is 43.3 Å². The predicted octanol–water partition coefficient (Wildman–Crippen LogP) is 2.94. The second-order valence-corrected chi connectivity index (χ2v) is 8.50. The van der Waals surface area contributed by atoms with Crippen molar-refractivity contribution in [2.45, 2.75) is 77.8 Å². The summed E-state index contributed by atoms with van der Waals surface area (Å²) >= 11 is 1.70. The molecular weight excluding hydrogens is 350 g/mol. The highest BCUT2D eigenvalue weighted by Gasteiger charge is 2.54. The fourth-order valence-electron chi connectivity index (χ4n) is 3.96. The zero-order chi connectivity index (χ0) is 19.3. The van der Waals surface area contributed by atoms with E-state index in [-0.39, 0.29) is 11.3 Å². The normalized spacial score (nSPS) is 26.5. The Morgan fingerprint density at radius 1 is 1.46 bits per heavy atom. The van der Waals surface area contributed by atoms with Crippen LogP contribution in [0, 0.1) is 5.41 Å². The maximum absolute atomic E-state index is 12.7. The van der Waals surface area contributed by atoms with Crippen LogP contribution in [0.25, 0.3) is 0 Å². The second kappa shape index (κ2) is 8.95. The molecule has 2 bridgehead atoms. The number of amides is 1. The minimum atomic E-state index is -0.833. The summed E-state index contributed by atoms with van der Waals surface area (Å²) in [7, 11) is 0. The van der Waals surface area contributed by atoms with Crippen LogP contribution in [0.1, 0.15) is 70.0 Å². The lowest BCUT2D eigenvalue weighted by Gasteiger charge is -2.34. The number of carbonyl (C=O) groups excluding carboxylic acids is 1. The van der Waals surface area contributed by atoms with E-state index in [4.69, 9.17) is 9.90 Å². The Hall–Kier alpha value is -1.47. The van der Waals surface area contributed by atoms with E-state index in [1.165, 1.54) is 6.42 Å². The Kier molecular flexibility index (Phi) is 7.17. The third-order valence-corrected chi connectivity index (χ3v) is 6.31. The minimum Gasteiger partial charge on any atom is -0.481 e. The molecule has 0 saturated carbocycles. The van der Waals surface area contributed by atoms with Crippen molar-refractivity contribution in [1.29, 1.82) is 0 Å². The lowest BCUT2D eigenvalue weighted by Crippen LogP contribution is -2.48. The molecule has 0 spiro atoms. The van der Waals surface area contributed by atoms with Crippen LogP contribution in [-0.2, 0) is 16.0 Å². The van der Waals surface area contributed by atoms with Crippen LogP contribution in [0.15, 0.2) is 5.38 Å². The molecule has 3 rings (SSSR count). The van der Waals surface area contributed by atoms with Gasteiger partial charge in [0.25, 0.3) is 5.97 Å². The first kappa shape index (κ1) is 20.8. The molecular formula is C19H31N3O3S. The Labute approximate surface area is 159 Å². The Balaban J connectivity index is 0.000000552. The molecule has 26 heavy (non-hydrogen) atoms. The van der Waals surface area contributed by atoms with E-state index in [0.29, 0.717) is 24.5 Å². The smallest absolute Gasteiger partial charge is 0.300 e. The van der Waals surface area contributed by atoms with Gasteiger partial charge >= 0.3 is 0 Å². The molecule has 2 aliphatic rings. The molecule has 0 aliphatic carbocycles. The molecule has 0 unspecified atom stereocenters. The molecule has 0 aromatic carbocycles. The molecule has 0 radical (unpaired) electrons. The highest BCUT2D eigenvalue weighted by molar-refractivity contribution is 7.09. The summed E-state index contributed by atoms with van der Waals surface area (Å²) in [6, 6.07) is 0.943. The zero-order valence-corrected chi connectivity index (χ0v) is 17.0. The van der Waals surface area contributed by atoms with Crippen molar-refractivity contribution in [3.63, 3.8) is 0 Å². The number of nitrogens with one attached hydrogen (secondary N) is 2. The van der Waals surface area contributed by atoms with E-state index in [9.17, 15) is 4.79 Å². The van der Waals surface area contributed by atoms with Crippen molar-refractivity contribution in [3.8, 4) is 0 Å². The number of aromatic nitrogens is 1. The minimum absolute atomic E-state index is 0.172. The van der Waals surface area contributed by atoms with Crippen LogP contribution in [0.5, 0.6) is 0 Å². The maximum Gasteiger partial charge on any atom is 0.300 e. The molecule has 3 atom stereocenters. The van der Waals surface area contributed by atoms with Gasteiger partial charge in [0.15, 0.2) is 0 Å². The van der Waals surface area contributed by atoms with Crippen molar-refractivity contribution in [2.75, 3.05) is 6.54 Å². The summed E-state index contributed by atoms with van der Waals surface area (Å²) in [5.41, 5.74) is 0.989. The van der Waals surface area contributed by atoms with Crippen molar-refractivity contribution in [3.05, 3.63) is 16.1 Å². The number of nitrogens with zero attached hydrogens (tertiary/aromatic N) is 1. The quantitative estimate of drug-likeness (QED) is 0.705. The SMILES string of the molecule is CC(=O)O.CC[C@@]1(C(=O)NCCc2nc(C(C)C)cs2)C[C@@H]2CC[C@H]1N2. The van der Waals surface area contributed by atoms with Gasteiger partial charge in [-0.15, -0.1) is 11.3 Å². The zero-order valence-electron chi connectivity index (χ0n) is 16.2. The average Bonchev–Trinajstić information content (AvgIpc) is 3.29. The first-order valence-corrected chi connectivity index (χ1v) is 10.3. The largest absolute Gasteiger partial charge is 0.481 e. The molecule has 2 aliphatic heterocycles. The molecule has 7 heteroatoms. The van der Waals surface area contributed by atoms with Crippen LogP contribution in [0.2, 0.25) is 0 Å². The van der Waals surface area contributed by atoms with Crippen LogP contribution in [-0.4, -0.2) is 40.6 Å². The average molecular weight is 382 g/mol. The van der Waals surface area contributed by atoms with Crippen molar-refractivity contribution in [2.24, 2.45) is 5.41 Å². The third-order valence-electron chi connectivity index (χ3n) is 5.39. The van der Waals surface area contributed by atoms with Gasteiger partial charge in [-0.25, -0.2) is 4.98 Å². The van der Waals surface area contributed by atoms with Gasteiger partial charge in [-0.2, -0.15) is 0 Å². The summed E-state index contributed by atoms with van der Waals surface area (Å²) in [6.07, 6.45) is 5.16. The van der Waals surface area contributed by atoms with Crippen LogP contribution < -0.4 is 10.6 Å². The Bertz CT molecular complexity index is 627. The number of rotatable bonds is 6. The van der Waals surface area contributed by atoms with Gasteiger partial charge in [0.05, 0.1) is 16.1 Å². The fourth-order valence-corrected chi connectivity index (χ4v) is 4.92. The molecule has 2 saturated heterocycles. The summed E-state index contributed by atoms with van der Waals surface area (Å²) in [5, 5.41) is 17.5. The molecule has 1 aromatic rings. The molecule has 6 nitrogen and oxygen atoms in total. The monoisotopic (exact) mass is 381 g/mol. The van der Waals surface area contributed by atoms with Gasteiger partial charge in [0, 0.05) is 37.4 Å².